The lowest BCUT2D eigenvalue weighted by Gasteiger charge is -2.49. The third kappa shape index (κ3) is 2.48. The molecule has 3 fully saturated rings. The molecule has 4 heteroatoms. The van der Waals surface area contributed by atoms with Crippen LogP contribution >= 0.6 is 0 Å². The Morgan fingerprint density at radius 1 is 1.05 bits per heavy atom. The van der Waals surface area contributed by atoms with Gasteiger partial charge in [0.2, 0.25) is 5.91 Å². The minimum Gasteiger partial charge on any atom is -0.389 e. The van der Waals surface area contributed by atoms with E-state index in [2.05, 4.69) is 0 Å². The zero-order chi connectivity index (χ0) is 14.2. The Kier molecular flexibility index (Phi) is 3.80. The van der Waals surface area contributed by atoms with E-state index in [1.54, 1.807) is 0 Å². The second kappa shape index (κ2) is 5.30. The van der Waals surface area contributed by atoms with Gasteiger partial charge in [-0.2, -0.15) is 0 Å². The highest BCUT2D eigenvalue weighted by atomic mass is 16.3. The van der Waals surface area contributed by atoms with Gasteiger partial charge in [-0.25, -0.2) is 0 Å². The predicted octanol–water partition coefficient (Wildman–Crippen LogP) is 1.80. The van der Waals surface area contributed by atoms with Crippen LogP contribution in [0.4, 0.5) is 0 Å². The lowest BCUT2D eigenvalue weighted by Crippen LogP contribution is -2.61. The molecule has 2 atom stereocenters. The topological polar surface area (TPSA) is 66.6 Å². The van der Waals surface area contributed by atoms with E-state index < -0.39 is 11.1 Å². The molecule has 4 nitrogen and oxygen atoms in total. The van der Waals surface area contributed by atoms with E-state index in [1.165, 1.54) is 12.8 Å². The van der Waals surface area contributed by atoms with Gasteiger partial charge in [0.1, 0.15) is 0 Å². The molecule has 1 aliphatic heterocycles. The molecule has 20 heavy (non-hydrogen) atoms. The fraction of sp³-hybridized carbons (Fsp3) is 0.938. The van der Waals surface area contributed by atoms with Crippen LogP contribution in [0.5, 0.6) is 0 Å². The number of aliphatic hydroxyl groups is 1. The van der Waals surface area contributed by atoms with Crippen LogP contribution in [-0.2, 0) is 4.79 Å². The van der Waals surface area contributed by atoms with Gasteiger partial charge in [0.05, 0.1) is 11.1 Å². The Morgan fingerprint density at radius 3 is 2.50 bits per heavy atom. The number of fused-ring (bicyclic) bond motifs is 1. The first-order valence-corrected chi connectivity index (χ1v) is 8.34. The van der Waals surface area contributed by atoms with Gasteiger partial charge in [0.15, 0.2) is 0 Å². The van der Waals surface area contributed by atoms with E-state index in [0.717, 1.165) is 51.4 Å². The predicted molar refractivity (Wildman–Crippen MR) is 78.1 cm³/mol. The molecule has 3 rings (SSSR count). The number of hydrogen-bond donors (Lipinski definition) is 2. The number of carbonyl (C=O) groups excluding carboxylic acids is 1. The average Bonchev–Trinajstić information content (AvgIpc) is 2.46. The van der Waals surface area contributed by atoms with Crippen molar-refractivity contribution in [3.63, 3.8) is 0 Å². The number of hydrogen-bond acceptors (Lipinski definition) is 3. The number of amides is 1. The molecule has 0 radical (unpaired) electrons. The molecule has 1 saturated heterocycles. The lowest BCUT2D eigenvalue weighted by molar-refractivity contribution is -0.149. The van der Waals surface area contributed by atoms with Crippen LogP contribution < -0.4 is 5.73 Å². The van der Waals surface area contributed by atoms with Crippen molar-refractivity contribution in [1.29, 1.82) is 0 Å². The first-order chi connectivity index (χ1) is 9.54. The molecule has 114 valence electrons. The van der Waals surface area contributed by atoms with Crippen LogP contribution in [0.15, 0.2) is 0 Å². The molecule has 2 unspecified atom stereocenters. The van der Waals surface area contributed by atoms with Crippen LogP contribution in [0.1, 0.15) is 64.2 Å². The molecule has 3 N–H and O–H groups in total. The highest BCUT2D eigenvalue weighted by Gasteiger charge is 2.46. The summed E-state index contributed by atoms with van der Waals surface area (Å²) in [4.78, 5) is 14.7. The molecular formula is C16H28N2O2. The van der Waals surface area contributed by atoms with Crippen molar-refractivity contribution in [2.45, 2.75) is 75.3 Å². The first-order valence-electron chi connectivity index (χ1n) is 8.34. The van der Waals surface area contributed by atoms with Crippen LogP contribution in [0.25, 0.3) is 0 Å². The first kappa shape index (κ1) is 14.3. The summed E-state index contributed by atoms with van der Waals surface area (Å²) in [5.41, 5.74) is 5.25. The normalized spacial score (nSPS) is 37.3. The number of nitrogens with two attached hydrogens (primary N) is 1. The van der Waals surface area contributed by atoms with Crippen molar-refractivity contribution in [2.75, 3.05) is 13.1 Å². The molecule has 0 bridgehead atoms. The van der Waals surface area contributed by atoms with Gasteiger partial charge >= 0.3 is 0 Å². The fourth-order valence-corrected chi connectivity index (χ4v) is 4.47. The number of piperidine rings is 1. The van der Waals surface area contributed by atoms with Gasteiger partial charge in [0, 0.05) is 19.0 Å². The molecule has 1 heterocycles. The Labute approximate surface area is 121 Å². The second-order valence-corrected chi connectivity index (χ2v) is 7.26. The largest absolute Gasteiger partial charge is 0.389 e. The fourth-order valence-electron chi connectivity index (χ4n) is 4.47. The van der Waals surface area contributed by atoms with E-state index in [-0.39, 0.29) is 11.8 Å². The average molecular weight is 280 g/mol. The van der Waals surface area contributed by atoms with Gasteiger partial charge in [-0.1, -0.05) is 32.1 Å². The summed E-state index contributed by atoms with van der Waals surface area (Å²) in [6, 6.07) is 0. The number of carbonyl (C=O) groups is 1. The maximum atomic E-state index is 12.8. The van der Waals surface area contributed by atoms with Gasteiger partial charge < -0.3 is 15.7 Å². The minimum atomic E-state index is -0.623. The summed E-state index contributed by atoms with van der Waals surface area (Å²) in [6.07, 6.45) is 10.0. The smallest absolute Gasteiger partial charge is 0.242 e. The molecule has 0 aromatic heterocycles. The van der Waals surface area contributed by atoms with Crippen LogP contribution in [0, 0.1) is 5.92 Å². The standard InChI is InChI=1S/C16H28N2O2/c17-15(7-3-1-4-8-15)14(19)18-11-10-16(20)9-5-2-6-13(16)12-18/h13,20H,1-12,17H2. The molecule has 2 saturated carbocycles. The summed E-state index contributed by atoms with van der Waals surface area (Å²) in [5.74, 6) is 0.408. The van der Waals surface area contributed by atoms with Gasteiger partial charge in [-0.05, 0) is 32.1 Å². The highest BCUT2D eigenvalue weighted by molar-refractivity contribution is 5.86. The third-order valence-electron chi connectivity index (χ3n) is 5.89. The van der Waals surface area contributed by atoms with E-state index in [9.17, 15) is 9.90 Å². The van der Waals surface area contributed by atoms with Crippen molar-refractivity contribution in [3.8, 4) is 0 Å². The quantitative estimate of drug-likeness (QED) is 0.769. The number of rotatable bonds is 1. The molecule has 0 aromatic carbocycles. The van der Waals surface area contributed by atoms with Crippen molar-refractivity contribution in [3.05, 3.63) is 0 Å². The zero-order valence-electron chi connectivity index (χ0n) is 12.4. The van der Waals surface area contributed by atoms with Crippen LogP contribution in [-0.4, -0.2) is 40.1 Å². The van der Waals surface area contributed by atoms with E-state index >= 15 is 0 Å². The van der Waals surface area contributed by atoms with Gasteiger partial charge in [-0.15, -0.1) is 0 Å². The van der Waals surface area contributed by atoms with Gasteiger partial charge in [-0.3, -0.25) is 4.79 Å². The molecule has 1 amide bonds. The molecule has 3 aliphatic rings. The maximum Gasteiger partial charge on any atom is 0.242 e. The Bertz CT molecular complexity index is 379. The molecule has 0 spiro atoms. The molecular weight excluding hydrogens is 252 g/mol. The zero-order valence-corrected chi connectivity index (χ0v) is 12.4. The SMILES string of the molecule is NC1(C(=O)N2CCC3(O)CCCCC3C2)CCCCC1. The summed E-state index contributed by atoms with van der Waals surface area (Å²) >= 11 is 0. The van der Waals surface area contributed by atoms with Crippen molar-refractivity contribution < 1.29 is 9.90 Å². The molecule has 0 aromatic rings. The number of nitrogens with zero attached hydrogens (tertiary/aromatic N) is 1. The Hall–Kier alpha value is -0.610. The van der Waals surface area contributed by atoms with Crippen molar-refractivity contribution in [1.82, 2.24) is 4.90 Å². The van der Waals surface area contributed by atoms with E-state index in [4.69, 9.17) is 5.73 Å². The Morgan fingerprint density at radius 2 is 1.75 bits per heavy atom. The Balaban J connectivity index is 1.68. The van der Waals surface area contributed by atoms with Gasteiger partial charge in [0.25, 0.3) is 0 Å². The monoisotopic (exact) mass is 280 g/mol. The number of likely N-dealkylation sites (tertiary alicyclic amines) is 1. The van der Waals surface area contributed by atoms with Crippen molar-refractivity contribution >= 4 is 5.91 Å². The minimum absolute atomic E-state index is 0.143. The van der Waals surface area contributed by atoms with Crippen molar-refractivity contribution in [2.24, 2.45) is 11.7 Å². The summed E-state index contributed by atoms with van der Waals surface area (Å²) < 4.78 is 0. The maximum absolute atomic E-state index is 12.8. The van der Waals surface area contributed by atoms with Crippen LogP contribution in [0.3, 0.4) is 0 Å². The van der Waals surface area contributed by atoms with E-state index in [1.807, 2.05) is 4.90 Å². The highest BCUT2D eigenvalue weighted by Crippen LogP contribution is 2.40. The summed E-state index contributed by atoms with van der Waals surface area (Å²) in [6.45, 7) is 1.40. The lowest BCUT2D eigenvalue weighted by atomic mass is 9.70. The second-order valence-electron chi connectivity index (χ2n) is 7.26. The van der Waals surface area contributed by atoms with Crippen LogP contribution in [0.2, 0.25) is 0 Å². The third-order valence-corrected chi connectivity index (χ3v) is 5.89. The van der Waals surface area contributed by atoms with E-state index in [0.29, 0.717) is 13.1 Å². The molecule has 2 aliphatic carbocycles. The summed E-state index contributed by atoms with van der Waals surface area (Å²) in [7, 11) is 0. The summed E-state index contributed by atoms with van der Waals surface area (Å²) in [5, 5.41) is 10.7.